The van der Waals surface area contributed by atoms with Gasteiger partial charge in [0, 0.05) is 21.7 Å². The van der Waals surface area contributed by atoms with Gasteiger partial charge in [0.15, 0.2) is 0 Å². The fraction of sp³-hybridized carbons (Fsp3) is 0.0200. The van der Waals surface area contributed by atoms with Crippen molar-refractivity contribution in [1.29, 1.82) is 0 Å². The van der Waals surface area contributed by atoms with Gasteiger partial charge in [-0.25, -0.2) is 4.98 Å². The standard InChI is InChI=1S/C50H30N2/c1-2-14-32-29-33(28-27-31(32)13-1)40-30-45(51-44-24-8-4-16-35(40)44)39-20-11-18-37-34-15-3-6-21-41(34)50(48(37)39)42-22-7-10-26-47(42)52-46-25-9-5-17-36(46)38-19-12-23-43(50)49(38)52/h1-30H. The monoisotopic (exact) mass is 658 g/mol. The molecular formula is C50H30N2. The molecule has 0 N–H and O–H groups in total. The second-order valence-electron chi connectivity index (χ2n) is 14.2. The van der Waals surface area contributed by atoms with Gasteiger partial charge < -0.3 is 4.57 Å². The normalized spacial score (nSPS) is 15.4. The van der Waals surface area contributed by atoms with E-state index in [-0.39, 0.29) is 0 Å². The first-order chi connectivity index (χ1) is 25.8. The second kappa shape index (κ2) is 10.2. The largest absolute Gasteiger partial charge is 0.309 e. The molecule has 2 aliphatic rings. The van der Waals surface area contributed by atoms with Crippen molar-refractivity contribution in [2.45, 2.75) is 5.41 Å². The Morgan fingerprint density at radius 2 is 1.10 bits per heavy atom. The summed E-state index contributed by atoms with van der Waals surface area (Å²) in [6.45, 7) is 0. The molecule has 8 aromatic carbocycles. The summed E-state index contributed by atoms with van der Waals surface area (Å²) in [5, 5.41) is 6.20. The van der Waals surface area contributed by atoms with Crippen molar-refractivity contribution in [2.24, 2.45) is 0 Å². The van der Waals surface area contributed by atoms with Crippen LogP contribution in [0.1, 0.15) is 22.3 Å². The van der Waals surface area contributed by atoms with E-state index in [2.05, 4.69) is 187 Å². The molecule has 3 heterocycles. The van der Waals surface area contributed by atoms with Crippen LogP contribution in [0, 0.1) is 0 Å². The number of para-hydroxylation sites is 4. The summed E-state index contributed by atoms with van der Waals surface area (Å²) in [7, 11) is 0. The molecule has 1 atom stereocenters. The maximum atomic E-state index is 5.49. The molecule has 2 aromatic heterocycles. The third-order valence-electron chi connectivity index (χ3n) is 11.8. The molecule has 1 spiro atoms. The predicted molar refractivity (Wildman–Crippen MR) is 215 cm³/mol. The number of pyridine rings is 1. The van der Waals surface area contributed by atoms with Crippen molar-refractivity contribution in [1.82, 2.24) is 9.55 Å². The van der Waals surface area contributed by atoms with Crippen molar-refractivity contribution in [3.05, 3.63) is 204 Å². The maximum absolute atomic E-state index is 5.49. The van der Waals surface area contributed by atoms with Gasteiger partial charge in [-0.1, -0.05) is 152 Å². The van der Waals surface area contributed by atoms with Gasteiger partial charge in [0.25, 0.3) is 0 Å². The van der Waals surface area contributed by atoms with E-state index in [1.54, 1.807) is 0 Å². The van der Waals surface area contributed by atoms with E-state index < -0.39 is 5.41 Å². The molecule has 1 aliphatic heterocycles. The average molecular weight is 659 g/mol. The molecule has 2 nitrogen and oxygen atoms in total. The second-order valence-corrected chi connectivity index (χ2v) is 14.2. The Hall–Kier alpha value is -6.77. The lowest BCUT2D eigenvalue weighted by Crippen LogP contribution is -2.34. The molecule has 0 fully saturated rings. The lowest BCUT2D eigenvalue weighted by atomic mass is 9.64. The van der Waals surface area contributed by atoms with E-state index in [0.717, 1.165) is 22.2 Å². The number of fused-ring (bicyclic) bond motifs is 14. The van der Waals surface area contributed by atoms with Gasteiger partial charge in [-0.15, -0.1) is 0 Å². The Bertz CT molecular complexity index is 3150. The van der Waals surface area contributed by atoms with Gasteiger partial charge in [0.1, 0.15) is 0 Å². The van der Waals surface area contributed by atoms with Crippen LogP contribution in [0.25, 0.3) is 82.7 Å². The Labute approximate surface area is 300 Å². The molecule has 12 rings (SSSR count). The van der Waals surface area contributed by atoms with Gasteiger partial charge >= 0.3 is 0 Å². The number of benzene rings is 8. The predicted octanol–water partition coefficient (Wildman–Crippen LogP) is 12.5. The molecule has 0 saturated heterocycles. The van der Waals surface area contributed by atoms with Crippen LogP contribution in [0.5, 0.6) is 0 Å². The smallest absolute Gasteiger partial charge is 0.0761 e. The van der Waals surface area contributed by atoms with E-state index in [9.17, 15) is 0 Å². The first kappa shape index (κ1) is 28.0. The van der Waals surface area contributed by atoms with Gasteiger partial charge in [0.05, 0.1) is 33.3 Å². The van der Waals surface area contributed by atoms with Crippen molar-refractivity contribution < 1.29 is 0 Å². The topological polar surface area (TPSA) is 17.8 Å². The highest BCUT2D eigenvalue weighted by Crippen LogP contribution is 2.62. The lowest BCUT2D eigenvalue weighted by Gasteiger charge is -2.40. The third-order valence-corrected chi connectivity index (χ3v) is 11.8. The van der Waals surface area contributed by atoms with Crippen LogP contribution in [0.2, 0.25) is 0 Å². The number of aromatic nitrogens is 2. The van der Waals surface area contributed by atoms with Crippen LogP contribution >= 0.6 is 0 Å². The van der Waals surface area contributed by atoms with E-state index in [1.165, 1.54) is 82.8 Å². The minimum Gasteiger partial charge on any atom is -0.309 e. The summed E-state index contributed by atoms with van der Waals surface area (Å²) in [6.07, 6.45) is 0. The first-order valence-electron chi connectivity index (χ1n) is 18.1. The van der Waals surface area contributed by atoms with Gasteiger partial charge in [-0.2, -0.15) is 0 Å². The van der Waals surface area contributed by atoms with Crippen LogP contribution in [-0.4, -0.2) is 9.55 Å². The molecule has 0 bridgehead atoms. The molecule has 2 heteroatoms. The van der Waals surface area contributed by atoms with Crippen LogP contribution in [0.15, 0.2) is 182 Å². The van der Waals surface area contributed by atoms with Crippen molar-refractivity contribution >= 4 is 43.5 Å². The van der Waals surface area contributed by atoms with E-state index >= 15 is 0 Å². The van der Waals surface area contributed by atoms with Gasteiger partial charge in [0.2, 0.25) is 0 Å². The zero-order valence-corrected chi connectivity index (χ0v) is 28.2. The van der Waals surface area contributed by atoms with Crippen molar-refractivity contribution in [2.75, 3.05) is 0 Å². The highest BCUT2D eigenvalue weighted by atomic mass is 15.0. The van der Waals surface area contributed by atoms with Crippen molar-refractivity contribution in [3.63, 3.8) is 0 Å². The number of hydrogen-bond acceptors (Lipinski definition) is 1. The minimum absolute atomic E-state index is 0.556. The zero-order chi connectivity index (χ0) is 34.0. The molecule has 240 valence electrons. The number of rotatable bonds is 2. The first-order valence-corrected chi connectivity index (χ1v) is 18.1. The van der Waals surface area contributed by atoms with Crippen molar-refractivity contribution in [3.8, 4) is 39.2 Å². The summed E-state index contributed by atoms with van der Waals surface area (Å²) in [6, 6.07) is 67.2. The highest BCUT2D eigenvalue weighted by Gasteiger charge is 2.52. The summed E-state index contributed by atoms with van der Waals surface area (Å²) >= 11 is 0. The van der Waals surface area contributed by atoms with Gasteiger partial charge in [-0.3, -0.25) is 0 Å². The van der Waals surface area contributed by atoms with Crippen LogP contribution in [0.4, 0.5) is 0 Å². The molecular weight excluding hydrogens is 629 g/mol. The fourth-order valence-electron chi connectivity index (χ4n) is 9.74. The van der Waals surface area contributed by atoms with Gasteiger partial charge in [-0.05, 0) is 85.6 Å². The van der Waals surface area contributed by atoms with Crippen LogP contribution < -0.4 is 0 Å². The summed E-state index contributed by atoms with van der Waals surface area (Å²) < 4.78 is 2.51. The van der Waals surface area contributed by atoms with E-state index in [1.807, 2.05) is 0 Å². The van der Waals surface area contributed by atoms with E-state index in [4.69, 9.17) is 4.98 Å². The molecule has 0 radical (unpaired) electrons. The number of hydrogen-bond donors (Lipinski definition) is 0. The fourth-order valence-corrected chi connectivity index (χ4v) is 9.74. The summed E-state index contributed by atoms with van der Waals surface area (Å²) in [4.78, 5) is 5.49. The summed E-state index contributed by atoms with van der Waals surface area (Å²) in [5.41, 5.74) is 16.5. The lowest BCUT2D eigenvalue weighted by molar-refractivity contribution is 0.750. The minimum atomic E-state index is -0.556. The quantitative estimate of drug-likeness (QED) is 0.181. The molecule has 0 amide bonds. The third kappa shape index (κ3) is 3.46. The molecule has 10 aromatic rings. The van der Waals surface area contributed by atoms with Crippen LogP contribution in [0.3, 0.4) is 0 Å². The Morgan fingerprint density at radius 1 is 0.423 bits per heavy atom. The maximum Gasteiger partial charge on any atom is 0.0761 e. The average Bonchev–Trinajstić information content (AvgIpc) is 3.71. The SMILES string of the molecule is c1ccc2c(c1)-c1cccc(-c3cc(-c4ccc5ccccc5c4)c4ccccc4n3)c1C21c2ccccc2-n2c3ccccc3c3cccc1c32. The highest BCUT2D eigenvalue weighted by molar-refractivity contribution is 6.13. The molecule has 1 aliphatic carbocycles. The summed E-state index contributed by atoms with van der Waals surface area (Å²) in [5.74, 6) is 0. The Morgan fingerprint density at radius 3 is 2.04 bits per heavy atom. The molecule has 1 unspecified atom stereocenters. The molecule has 52 heavy (non-hydrogen) atoms. The zero-order valence-electron chi connectivity index (χ0n) is 28.2. The van der Waals surface area contributed by atoms with E-state index in [0.29, 0.717) is 0 Å². The number of nitrogens with zero attached hydrogens (tertiary/aromatic N) is 2. The van der Waals surface area contributed by atoms with Crippen LogP contribution in [-0.2, 0) is 5.41 Å². The Balaban J connectivity index is 1.23. The Kier molecular flexibility index (Phi) is 5.46. The molecule has 0 saturated carbocycles.